The van der Waals surface area contributed by atoms with E-state index >= 15 is 0 Å². The summed E-state index contributed by atoms with van der Waals surface area (Å²) in [7, 11) is 0. The van der Waals surface area contributed by atoms with E-state index in [-0.39, 0.29) is 5.56 Å². The maximum Gasteiger partial charge on any atom is 0.361 e. The van der Waals surface area contributed by atoms with E-state index in [4.69, 9.17) is 14.0 Å². The third-order valence-electron chi connectivity index (χ3n) is 5.53. The first kappa shape index (κ1) is 22.3. The molecule has 0 saturated heterocycles. The molecule has 0 saturated carbocycles. The fraction of sp³-hybridized carbons (Fsp3) is 0.280. The van der Waals surface area contributed by atoms with Crippen molar-refractivity contribution in [2.45, 2.75) is 33.6 Å². The molecule has 0 aliphatic carbocycles. The smallest absolute Gasteiger partial charge is 0.361 e. The van der Waals surface area contributed by atoms with Gasteiger partial charge in [0.25, 0.3) is 5.56 Å². The van der Waals surface area contributed by atoms with E-state index in [0.29, 0.717) is 52.9 Å². The predicted molar refractivity (Wildman–Crippen MR) is 125 cm³/mol. The Morgan fingerprint density at radius 2 is 1.61 bits per heavy atom. The molecule has 0 amide bonds. The van der Waals surface area contributed by atoms with Gasteiger partial charge in [-0.25, -0.2) is 14.6 Å². The van der Waals surface area contributed by atoms with Gasteiger partial charge in [0, 0.05) is 5.69 Å². The second-order valence-electron chi connectivity index (χ2n) is 7.66. The first-order valence-electron chi connectivity index (χ1n) is 10.9. The Bertz CT molecular complexity index is 1360. The Labute approximate surface area is 190 Å². The Balaban J connectivity index is 1.96. The molecule has 0 radical (unpaired) electrons. The second kappa shape index (κ2) is 9.28. The highest BCUT2D eigenvalue weighted by molar-refractivity contribution is 5.51. The third kappa shape index (κ3) is 4.11. The Morgan fingerprint density at radius 3 is 2.24 bits per heavy atom. The van der Waals surface area contributed by atoms with E-state index in [1.165, 1.54) is 4.68 Å². The van der Waals surface area contributed by atoms with Crippen LogP contribution < -0.4 is 20.7 Å². The number of ether oxygens (including phenoxy) is 2. The average Bonchev–Trinajstić information content (AvgIpc) is 3.30. The van der Waals surface area contributed by atoms with Gasteiger partial charge in [-0.15, -0.1) is 0 Å². The number of nitrogens with one attached hydrogen (secondary N) is 2. The van der Waals surface area contributed by atoms with Gasteiger partial charge in [-0.1, -0.05) is 24.3 Å². The van der Waals surface area contributed by atoms with Gasteiger partial charge in [0.1, 0.15) is 0 Å². The van der Waals surface area contributed by atoms with Crippen molar-refractivity contribution in [3.63, 3.8) is 0 Å². The molecule has 2 N–H and O–H groups in total. The third-order valence-corrected chi connectivity index (χ3v) is 5.53. The number of aromatic nitrogens is 3. The summed E-state index contributed by atoms with van der Waals surface area (Å²) in [6, 6.07) is 14.8. The molecule has 0 fully saturated rings. The Hall–Kier alpha value is -3.94. The lowest BCUT2D eigenvalue weighted by molar-refractivity contribution is 0.287. The van der Waals surface area contributed by atoms with Gasteiger partial charge < -0.3 is 14.0 Å². The van der Waals surface area contributed by atoms with Gasteiger partial charge in [-0.2, -0.15) is 0 Å². The van der Waals surface area contributed by atoms with Gasteiger partial charge in [-0.05, 0) is 57.5 Å². The van der Waals surface area contributed by atoms with Crippen molar-refractivity contribution < 1.29 is 14.0 Å². The van der Waals surface area contributed by atoms with E-state index < -0.39 is 11.5 Å². The Kier molecular flexibility index (Phi) is 6.26. The van der Waals surface area contributed by atoms with Gasteiger partial charge >= 0.3 is 5.63 Å². The topological polar surface area (TPSA) is 102 Å². The van der Waals surface area contributed by atoms with Crippen LogP contribution in [-0.2, 0) is 0 Å². The fourth-order valence-electron chi connectivity index (χ4n) is 4.10. The molecule has 4 rings (SSSR count). The summed E-state index contributed by atoms with van der Waals surface area (Å²) in [5.74, 6) is 0.485. The molecule has 8 heteroatoms. The quantitative estimate of drug-likeness (QED) is 0.423. The normalized spacial score (nSPS) is 12.0. The minimum atomic E-state index is -0.670. The van der Waals surface area contributed by atoms with Crippen molar-refractivity contribution in [1.82, 2.24) is 14.9 Å². The van der Waals surface area contributed by atoms with Crippen LogP contribution in [0.4, 0.5) is 0 Å². The summed E-state index contributed by atoms with van der Waals surface area (Å²) < 4.78 is 18.1. The lowest BCUT2D eigenvalue weighted by atomic mass is 9.85. The molecule has 8 nitrogen and oxygen atoms in total. The Morgan fingerprint density at radius 1 is 0.909 bits per heavy atom. The predicted octanol–water partition coefficient (Wildman–Crippen LogP) is 4.04. The SMILES string of the molecule is CCOc1ccc(C(c2c(C)[nH]oc2=O)c2c(C)[nH]n(-c3ccccc3)c2=O)cc1OCC. The van der Waals surface area contributed by atoms with Crippen molar-refractivity contribution >= 4 is 0 Å². The highest BCUT2D eigenvalue weighted by Gasteiger charge is 2.31. The number of hydrogen-bond donors (Lipinski definition) is 2. The zero-order valence-corrected chi connectivity index (χ0v) is 19.1. The molecule has 2 aromatic heterocycles. The molecule has 0 aliphatic heterocycles. The van der Waals surface area contributed by atoms with Crippen LogP contribution in [0.25, 0.3) is 5.69 Å². The molecular formula is C25H27N3O5. The van der Waals surface area contributed by atoms with Crippen LogP contribution in [0.2, 0.25) is 0 Å². The van der Waals surface area contributed by atoms with E-state index in [9.17, 15) is 9.59 Å². The highest BCUT2D eigenvalue weighted by atomic mass is 16.5. The molecule has 0 bridgehead atoms. The number of nitrogens with zero attached hydrogens (tertiary/aromatic N) is 1. The number of aromatic amines is 2. The largest absolute Gasteiger partial charge is 0.490 e. The van der Waals surface area contributed by atoms with Crippen LogP contribution >= 0.6 is 0 Å². The van der Waals surface area contributed by atoms with Crippen molar-refractivity contribution in [2.75, 3.05) is 13.2 Å². The monoisotopic (exact) mass is 449 g/mol. The van der Waals surface area contributed by atoms with E-state index in [1.54, 1.807) is 13.0 Å². The first-order valence-corrected chi connectivity index (χ1v) is 10.9. The van der Waals surface area contributed by atoms with Crippen molar-refractivity contribution in [3.8, 4) is 17.2 Å². The van der Waals surface area contributed by atoms with Crippen LogP contribution in [0, 0.1) is 13.8 Å². The zero-order valence-electron chi connectivity index (χ0n) is 19.1. The maximum absolute atomic E-state index is 13.6. The molecular weight excluding hydrogens is 422 g/mol. The number of hydrogen-bond acceptors (Lipinski definition) is 5. The second-order valence-corrected chi connectivity index (χ2v) is 7.66. The summed E-state index contributed by atoms with van der Waals surface area (Å²) in [6.45, 7) is 8.30. The summed E-state index contributed by atoms with van der Waals surface area (Å²) in [5.41, 5.74) is 2.71. The van der Waals surface area contributed by atoms with Crippen LogP contribution in [0.3, 0.4) is 0 Å². The summed E-state index contributed by atoms with van der Waals surface area (Å²) in [4.78, 5) is 26.4. The van der Waals surface area contributed by atoms with Crippen LogP contribution in [0.1, 0.15) is 47.8 Å². The first-order chi connectivity index (χ1) is 16.0. The summed E-state index contributed by atoms with van der Waals surface area (Å²) in [5, 5.41) is 5.80. The number of aryl methyl sites for hydroxylation is 2. The van der Waals surface area contributed by atoms with E-state index in [2.05, 4.69) is 10.3 Å². The molecule has 2 aromatic carbocycles. The van der Waals surface area contributed by atoms with Gasteiger partial charge in [0.05, 0.1) is 41.6 Å². The molecule has 1 atom stereocenters. The molecule has 0 spiro atoms. The number of rotatable bonds is 8. The minimum Gasteiger partial charge on any atom is -0.490 e. The molecule has 4 aromatic rings. The van der Waals surface area contributed by atoms with E-state index in [1.807, 2.05) is 63.2 Å². The fourth-order valence-corrected chi connectivity index (χ4v) is 4.10. The van der Waals surface area contributed by atoms with Crippen molar-refractivity contribution in [3.05, 3.63) is 97.4 Å². The maximum atomic E-state index is 13.6. The van der Waals surface area contributed by atoms with Crippen LogP contribution in [0.15, 0.2) is 62.6 Å². The lowest BCUT2D eigenvalue weighted by Gasteiger charge is -2.18. The molecule has 0 aliphatic rings. The van der Waals surface area contributed by atoms with Gasteiger partial charge in [-0.3, -0.25) is 9.89 Å². The average molecular weight is 450 g/mol. The molecule has 33 heavy (non-hydrogen) atoms. The molecule has 1 unspecified atom stereocenters. The van der Waals surface area contributed by atoms with E-state index in [0.717, 1.165) is 5.56 Å². The minimum absolute atomic E-state index is 0.240. The lowest BCUT2D eigenvalue weighted by Crippen LogP contribution is -2.23. The van der Waals surface area contributed by atoms with Crippen LogP contribution in [0.5, 0.6) is 11.5 Å². The number of para-hydroxylation sites is 1. The van der Waals surface area contributed by atoms with Gasteiger partial charge in [0.2, 0.25) is 0 Å². The molecule has 2 heterocycles. The van der Waals surface area contributed by atoms with Crippen molar-refractivity contribution in [1.29, 1.82) is 0 Å². The van der Waals surface area contributed by atoms with Crippen LogP contribution in [-0.4, -0.2) is 28.2 Å². The summed E-state index contributed by atoms with van der Waals surface area (Å²) >= 11 is 0. The van der Waals surface area contributed by atoms with Gasteiger partial charge in [0.15, 0.2) is 11.5 Å². The summed E-state index contributed by atoms with van der Waals surface area (Å²) in [6.07, 6.45) is 0. The highest BCUT2D eigenvalue weighted by Crippen LogP contribution is 2.37. The number of H-pyrrole nitrogens is 2. The standard InChI is InChI=1S/C25H27N3O5/c1-5-31-19-13-12-17(14-20(19)32-6-2)23(22-16(4)27-33-25(22)30)21-15(3)26-28(24(21)29)18-10-8-7-9-11-18/h7-14,23,26-27H,5-6H2,1-4H3. The number of benzene rings is 2. The zero-order chi connectivity index (χ0) is 23.5. The van der Waals surface area contributed by atoms with Crippen molar-refractivity contribution in [2.24, 2.45) is 0 Å². The molecule has 172 valence electrons.